The van der Waals surface area contributed by atoms with Gasteiger partial charge in [0.15, 0.2) is 0 Å². The van der Waals surface area contributed by atoms with Crippen molar-refractivity contribution >= 4 is 17.1 Å². The Kier molecular flexibility index (Phi) is 6.30. The van der Waals surface area contributed by atoms with Gasteiger partial charge in [0, 0.05) is 30.7 Å². The number of nitrogens with zero attached hydrogens (tertiary/aromatic N) is 2. The molecule has 1 heterocycles. The number of benzene rings is 3. The van der Waals surface area contributed by atoms with Gasteiger partial charge in [0.05, 0.1) is 43.2 Å². The Morgan fingerprint density at radius 1 is 0.970 bits per heavy atom. The van der Waals surface area contributed by atoms with Crippen molar-refractivity contribution < 1.29 is 23.9 Å². The van der Waals surface area contributed by atoms with E-state index in [1.807, 2.05) is 24.3 Å². The maximum absolute atomic E-state index is 10.9. The highest BCUT2D eigenvalue weighted by atomic mass is 16.6. The molecular weight excluding hydrogens is 426 g/mol. The van der Waals surface area contributed by atoms with Crippen molar-refractivity contribution in [2.45, 2.75) is 12.5 Å². The van der Waals surface area contributed by atoms with Gasteiger partial charge in [0.25, 0.3) is 5.69 Å². The highest BCUT2D eigenvalue weighted by Gasteiger charge is 2.30. The molecule has 9 nitrogen and oxygen atoms in total. The van der Waals surface area contributed by atoms with Gasteiger partial charge in [-0.15, -0.1) is 0 Å². The van der Waals surface area contributed by atoms with Gasteiger partial charge >= 0.3 is 0 Å². The van der Waals surface area contributed by atoms with Crippen molar-refractivity contribution in [3.63, 3.8) is 0 Å². The Labute approximate surface area is 190 Å². The number of anilines is 1. The van der Waals surface area contributed by atoms with E-state index < -0.39 is 4.92 Å². The first-order valence-electron chi connectivity index (χ1n) is 10.2. The van der Waals surface area contributed by atoms with Crippen molar-refractivity contribution in [3.05, 3.63) is 81.9 Å². The molecule has 0 amide bonds. The standard InChI is InChI=1S/C24H23N3O6/c1-30-18-10-4-15(5-11-18)21-14-20(26-25-16-6-8-17(9-7-16)27(28)29)24-22(32-3)12-19(31-2)13-23(24)33-21/h4-13,21,25H,14H2,1-3H3. The lowest BCUT2D eigenvalue weighted by Gasteiger charge is -2.29. The van der Waals surface area contributed by atoms with Crippen LogP contribution in [0.25, 0.3) is 0 Å². The molecule has 0 aliphatic carbocycles. The van der Waals surface area contributed by atoms with Gasteiger partial charge in [-0.1, -0.05) is 12.1 Å². The van der Waals surface area contributed by atoms with Crippen LogP contribution in [0.15, 0.2) is 65.8 Å². The SMILES string of the molecule is COc1ccc(C2CC(=NNc3ccc([N+](=O)[O-])cc3)c3c(OC)cc(OC)cc3O2)cc1. The number of hydrogen-bond acceptors (Lipinski definition) is 8. The summed E-state index contributed by atoms with van der Waals surface area (Å²) in [6, 6.07) is 17.3. The summed E-state index contributed by atoms with van der Waals surface area (Å²) in [5.74, 6) is 2.51. The van der Waals surface area contributed by atoms with Crippen LogP contribution < -0.4 is 24.4 Å². The molecule has 3 aromatic rings. The van der Waals surface area contributed by atoms with Crippen LogP contribution in [0.4, 0.5) is 11.4 Å². The number of nitro benzene ring substituents is 1. The molecule has 1 atom stereocenters. The zero-order chi connectivity index (χ0) is 23.4. The molecule has 9 heteroatoms. The van der Waals surface area contributed by atoms with Crippen LogP contribution in [0.2, 0.25) is 0 Å². The van der Waals surface area contributed by atoms with Gasteiger partial charge in [-0.25, -0.2) is 0 Å². The van der Waals surface area contributed by atoms with Crippen LogP contribution in [0, 0.1) is 10.1 Å². The number of nitro groups is 1. The van der Waals surface area contributed by atoms with Gasteiger partial charge in [-0.05, 0) is 29.8 Å². The van der Waals surface area contributed by atoms with Crippen molar-refractivity contribution in [3.8, 4) is 23.0 Å². The molecule has 1 aliphatic heterocycles. The van der Waals surface area contributed by atoms with Crippen molar-refractivity contribution in [1.82, 2.24) is 0 Å². The smallest absolute Gasteiger partial charge is 0.269 e. The maximum atomic E-state index is 10.9. The molecular formula is C24H23N3O6. The topological polar surface area (TPSA) is 104 Å². The molecule has 0 saturated heterocycles. The van der Waals surface area contributed by atoms with Gasteiger partial charge in [0.1, 0.15) is 29.1 Å². The normalized spacial score (nSPS) is 15.8. The number of hydrazone groups is 1. The minimum absolute atomic E-state index is 0.0120. The summed E-state index contributed by atoms with van der Waals surface area (Å²) in [6.07, 6.45) is 0.180. The van der Waals surface area contributed by atoms with Crippen LogP contribution in [-0.4, -0.2) is 32.0 Å². The van der Waals surface area contributed by atoms with E-state index >= 15 is 0 Å². The average Bonchev–Trinajstić information content (AvgIpc) is 2.86. The Morgan fingerprint density at radius 3 is 2.27 bits per heavy atom. The van der Waals surface area contributed by atoms with Gasteiger partial charge in [0.2, 0.25) is 0 Å². The summed E-state index contributed by atoms with van der Waals surface area (Å²) in [5.41, 5.74) is 6.03. The molecule has 3 aromatic carbocycles. The summed E-state index contributed by atoms with van der Waals surface area (Å²) in [6.45, 7) is 0. The average molecular weight is 449 g/mol. The molecule has 170 valence electrons. The van der Waals surface area contributed by atoms with Crippen LogP contribution in [0.5, 0.6) is 23.0 Å². The highest BCUT2D eigenvalue weighted by Crippen LogP contribution is 2.43. The lowest BCUT2D eigenvalue weighted by Crippen LogP contribution is -2.22. The number of methoxy groups -OCH3 is 3. The maximum Gasteiger partial charge on any atom is 0.269 e. The zero-order valence-corrected chi connectivity index (χ0v) is 18.4. The second-order valence-corrected chi connectivity index (χ2v) is 7.26. The van der Waals surface area contributed by atoms with E-state index in [1.54, 1.807) is 45.6 Å². The van der Waals surface area contributed by atoms with E-state index in [0.29, 0.717) is 29.4 Å². The quantitative estimate of drug-likeness (QED) is 0.401. The van der Waals surface area contributed by atoms with E-state index in [4.69, 9.17) is 18.9 Å². The summed E-state index contributed by atoms with van der Waals surface area (Å²) in [5, 5.41) is 15.5. The number of hydrogen-bond donors (Lipinski definition) is 1. The fourth-order valence-electron chi connectivity index (χ4n) is 3.59. The lowest BCUT2D eigenvalue weighted by atomic mass is 9.94. The largest absolute Gasteiger partial charge is 0.497 e. The molecule has 1 aliphatic rings. The van der Waals surface area contributed by atoms with E-state index in [2.05, 4.69) is 10.5 Å². The molecule has 1 N–H and O–H groups in total. The zero-order valence-electron chi connectivity index (χ0n) is 18.4. The Balaban J connectivity index is 1.71. The minimum atomic E-state index is -0.442. The summed E-state index contributed by atoms with van der Waals surface area (Å²) < 4.78 is 22.6. The number of non-ortho nitro benzene ring substituents is 1. The summed E-state index contributed by atoms with van der Waals surface area (Å²) in [4.78, 5) is 10.5. The third-order valence-electron chi connectivity index (χ3n) is 5.32. The first-order chi connectivity index (χ1) is 16.0. The molecule has 1 unspecified atom stereocenters. The molecule has 33 heavy (non-hydrogen) atoms. The monoisotopic (exact) mass is 449 g/mol. The highest BCUT2D eigenvalue weighted by molar-refractivity contribution is 6.07. The molecule has 0 fully saturated rings. The van der Waals surface area contributed by atoms with Crippen LogP contribution in [0.1, 0.15) is 23.7 Å². The Bertz CT molecular complexity index is 1180. The van der Waals surface area contributed by atoms with Crippen molar-refractivity contribution in [2.75, 3.05) is 26.8 Å². The minimum Gasteiger partial charge on any atom is -0.497 e. The van der Waals surface area contributed by atoms with Gasteiger partial charge < -0.3 is 18.9 Å². The van der Waals surface area contributed by atoms with Crippen molar-refractivity contribution in [1.29, 1.82) is 0 Å². The number of rotatable bonds is 7. The molecule has 0 spiro atoms. The molecule has 4 rings (SSSR count). The molecule has 0 radical (unpaired) electrons. The van der Waals surface area contributed by atoms with E-state index in [0.717, 1.165) is 22.6 Å². The fraction of sp³-hybridized carbons (Fsp3) is 0.208. The van der Waals surface area contributed by atoms with Gasteiger partial charge in [-0.2, -0.15) is 5.10 Å². The number of fused-ring (bicyclic) bond motifs is 1. The second kappa shape index (κ2) is 9.47. The first-order valence-corrected chi connectivity index (χ1v) is 10.2. The van der Waals surface area contributed by atoms with Crippen LogP contribution in [-0.2, 0) is 0 Å². The van der Waals surface area contributed by atoms with Gasteiger partial charge in [-0.3, -0.25) is 15.5 Å². The summed E-state index contributed by atoms with van der Waals surface area (Å²) >= 11 is 0. The van der Waals surface area contributed by atoms with E-state index in [-0.39, 0.29) is 11.8 Å². The fourth-order valence-corrected chi connectivity index (χ4v) is 3.59. The predicted octanol–water partition coefficient (Wildman–Crippen LogP) is 4.96. The lowest BCUT2D eigenvalue weighted by molar-refractivity contribution is -0.384. The van der Waals surface area contributed by atoms with Crippen LogP contribution >= 0.6 is 0 Å². The third kappa shape index (κ3) is 4.67. The molecule has 0 aromatic heterocycles. The van der Waals surface area contributed by atoms with Crippen LogP contribution in [0.3, 0.4) is 0 Å². The van der Waals surface area contributed by atoms with E-state index in [9.17, 15) is 10.1 Å². The Hall–Kier alpha value is -4.27. The van der Waals surface area contributed by atoms with E-state index in [1.165, 1.54) is 12.1 Å². The first kappa shape index (κ1) is 21.9. The number of ether oxygens (including phenoxy) is 4. The van der Waals surface area contributed by atoms with Crippen molar-refractivity contribution in [2.24, 2.45) is 5.10 Å². The number of nitrogens with one attached hydrogen (secondary N) is 1. The summed E-state index contributed by atoms with van der Waals surface area (Å²) in [7, 11) is 4.78. The molecule has 0 bridgehead atoms. The predicted molar refractivity (Wildman–Crippen MR) is 124 cm³/mol. The second-order valence-electron chi connectivity index (χ2n) is 7.26. The Morgan fingerprint density at radius 2 is 1.67 bits per heavy atom. The molecule has 0 saturated carbocycles. The third-order valence-corrected chi connectivity index (χ3v) is 5.32.